The summed E-state index contributed by atoms with van der Waals surface area (Å²) in [6.07, 6.45) is 6.08. The second-order valence-corrected chi connectivity index (χ2v) is 6.82. The van der Waals surface area contributed by atoms with Gasteiger partial charge in [-0.2, -0.15) is 0 Å². The van der Waals surface area contributed by atoms with Crippen LogP contribution >= 0.6 is 11.3 Å². The lowest BCUT2D eigenvalue weighted by Crippen LogP contribution is -2.56. The average Bonchev–Trinajstić information content (AvgIpc) is 3.00. The van der Waals surface area contributed by atoms with Gasteiger partial charge in [-0.1, -0.05) is 25.3 Å². The van der Waals surface area contributed by atoms with E-state index in [1.54, 1.807) is 18.4 Å². The van der Waals surface area contributed by atoms with Gasteiger partial charge in [0.2, 0.25) is 5.91 Å². The fourth-order valence-corrected chi connectivity index (χ4v) is 3.86. The van der Waals surface area contributed by atoms with Crippen LogP contribution in [0.3, 0.4) is 0 Å². The zero-order valence-corrected chi connectivity index (χ0v) is 13.3. The van der Waals surface area contributed by atoms with Crippen LogP contribution in [0.2, 0.25) is 0 Å². The zero-order valence-electron chi connectivity index (χ0n) is 12.5. The number of amides is 1. The fourth-order valence-electron chi connectivity index (χ4n) is 3.10. The normalized spacial score (nSPS) is 17.4. The van der Waals surface area contributed by atoms with E-state index in [1.165, 1.54) is 9.78 Å². The van der Waals surface area contributed by atoms with Crippen molar-refractivity contribution in [2.45, 2.75) is 56.9 Å². The van der Waals surface area contributed by atoms with Gasteiger partial charge in [-0.15, -0.1) is 11.3 Å². The quantitative estimate of drug-likeness (QED) is 0.877. The van der Waals surface area contributed by atoms with E-state index in [9.17, 15) is 14.7 Å². The summed E-state index contributed by atoms with van der Waals surface area (Å²) in [7, 11) is 1.66. The van der Waals surface area contributed by atoms with Crippen molar-refractivity contribution < 1.29 is 14.7 Å². The third-order valence-corrected chi connectivity index (χ3v) is 5.43. The van der Waals surface area contributed by atoms with Gasteiger partial charge in [-0.05, 0) is 37.1 Å². The summed E-state index contributed by atoms with van der Waals surface area (Å²) in [5, 5.41) is 11.6. The summed E-state index contributed by atoms with van der Waals surface area (Å²) in [6, 6.07) is 4.08. The van der Waals surface area contributed by atoms with E-state index in [2.05, 4.69) is 6.07 Å². The minimum absolute atomic E-state index is 0.0455. The number of likely N-dealkylation sites (N-methyl/N-ethyl adjacent to an activating group) is 1. The highest BCUT2D eigenvalue weighted by Crippen LogP contribution is 2.33. The van der Waals surface area contributed by atoms with Crippen LogP contribution in [0.15, 0.2) is 17.5 Å². The summed E-state index contributed by atoms with van der Waals surface area (Å²) < 4.78 is 0. The molecule has 1 aromatic rings. The molecule has 0 aliphatic heterocycles. The van der Waals surface area contributed by atoms with Crippen LogP contribution < -0.4 is 0 Å². The molecule has 1 aromatic heterocycles. The van der Waals surface area contributed by atoms with Gasteiger partial charge in [0.15, 0.2) is 0 Å². The van der Waals surface area contributed by atoms with E-state index < -0.39 is 11.5 Å². The van der Waals surface area contributed by atoms with E-state index in [4.69, 9.17) is 0 Å². The molecule has 0 saturated heterocycles. The van der Waals surface area contributed by atoms with E-state index in [0.717, 1.165) is 32.1 Å². The molecule has 21 heavy (non-hydrogen) atoms. The molecule has 5 heteroatoms. The highest BCUT2D eigenvalue weighted by atomic mass is 32.1. The molecule has 1 aliphatic carbocycles. The molecule has 0 aromatic carbocycles. The second kappa shape index (κ2) is 7.07. The van der Waals surface area contributed by atoms with Gasteiger partial charge in [0.25, 0.3) is 0 Å². The number of carboxylic acids is 1. The molecule has 0 spiro atoms. The number of aliphatic carboxylic acids is 1. The first-order valence-electron chi connectivity index (χ1n) is 7.59. The van der Waals surface area contributed by atoms with E-state index in [-0.39, 0.29) is 5.91 Å². The molecule has 1 heterocycles. The zero-order chi connectivity index (χ0) is 15.3. The molecule has 1 saturated carbocycles. The second-order valence-electron chi connectivity index (χ2n) is 5.78. The first-order valence-corrected chi connectivity index (χ1v) is 8.47. The van der Waals surface area contributed by atoms with Crippen molar-refractivity contribution in [1.29, 1.82) is 0 Å². The Balaban J connectivity index is 1.91. The minimum atomic E-state index is -0.974. The molecule has 0 atom stereocenters. The molecule has 0 bridgehead atoms. The minimum Gasteiger partial charge on any atom is -0.479 e. The van der Waals surface area contributed by atoms with Gasteiger partial charge < -0.3 is 10.0 Å². The maximum atomic E-state index is 12.3. The summed E-state index contributed by atoms with van der Waals surface area (Å²) in [4.78, 5) is 26.8. The number of carboxylic acid groups (broad SMARTS) is 1. The maximum Gasteiger partial charge on any atom is 0.329 e. The van der Waals surface area contributed by atoms with Crippen LogP contribution in [0.25, 0.3) is 0 Å². The molecule has 0 radical (unpaired) electrons. The van der Waals surface area contributed by atoms with Crippen LogP contribution in [-0.4, -0.2) is 34.5 Å². The van der Waals surface area contributed by atoms with Crippen LogP contribution in [0.1, 0.15) is 49.8 Å². The molecule has 1 aliphatic rings. The van der Waals surface area contributed by atoms with Crippen molar-refractivity contribution in [3.8, 4) is 0 Å². The molecular formula is C16H23NO3S. The summed E-state index contributed by atoms with van der Waals surface area (Å²) in [6.45, 7) is 0. The molecule has 2 rings (SSSR count). The van der Waals surface area contributed by atoms with E-state index >= 15 is 0 Å². The summed E-state index contributed by atoms with van der Waals surface area (Å²) >= 11 is 1.70. The summed E-state index contributed by atoms with van der Waals surface area (Å²) in [5.41, 5.74) is -0.974. The molecular weight excluding hydrogens is 286 g/mol. The van der Waals surface area contributed by atoms with Crippen molar-refractivity contribution in [3.63, 3.8) is 0 Å². The number of nitrogens with zero attached hydrogens (tertiary/aromatic N) is 1. The lowest BCUT2D eigenvalue weighted by molar-refractivity contribution is -0.160. The van der Waals surface area contributed by atoms with E-state index in [0.29, 0.717) is 19.3 Å². The predicted octanol–water partition coefficient (Wildman–Crippen LogP) is 3.32. The number of carbonyl (C=O) groups excluding carboxylic acids is 1. The highest BCUT2D eigenvalue weighted by Gasteiger charge is 2.45. The van der Waals surface area contributed by atoms with Crippen LogP contribution in [0, 0.1) is 0 Å². The number of hydrogen-bond acceptors (Lipinski definition) is 3. The topological polar surface area (TPSA) is 57.6 Å². The standard InChI is InChI=1S/C16H23NO3S/c1-17(16(15(19)20)10-3-2-4-11-16)14(18)9-5-7-13-8-6-12-21-13/h6,8,12H,2-5,7,9-11H2,1H3,(H,19,20). The Hall–Kier alpha value is -1.36. The maximum absolute atomic E-state index is 12.3. The van der Waals surface area contributed by atoms with Crippen molar-refractivity contribution >= 4 is 23.2 Å². The number of rotatable bonds is 6. The van der Waals surface area contributed by atoms with Gasteiger partial charge in [-0.3, -0.25) is 4.79 Å². The number of aryl methyl sites for hydroxylation is 1. The van der Waals surface area contributed by atoms with Crippen molar-refractivity contribution in [1.82, 2.24) is 4.90 Å². The highest BCUT2D eigenvalue weighted by molar-refractivity contribution is 7.09. The van der Waals surface area contributed by atoms with Crippen molar-refractivity contribution in [2.24, 2.45) is 0 Å². The van der Waals surface area contributed by atoms with Gasteiger partial charge in [0.05, 0.1) is 0 Å². The first-order chi connectivity index (χ1) is 10.1. The molecule has 0 unspecified atom stereocenters. The van der Waals surface area contributed by atoms with Crippen molar-refractivity contribution in [3.05, 3.63) is 22.4 Å². The fraction of sp³-hybridized carbons (Fsp3) is 0.625. The Bertz CT molecular complexity index is 478. The Kier molecular flexibility index (Phi) is 5.39. The van der Waals surface area contributed by atoms with Crippen molar-refractivity contribution in [2.75, 3.05) is 7.05 Å². The van der Waals surface area contributed by atoms with E-state index in [1.807, 2.05) is 11.4 Å². The number of thiophene rings is 1. The summed E-state index contributed by atoms with van der Waals surface area (Å²) in [5.74, 6) is -0.896. The monoisotopic (exact) mass is 309 g/mol. The molecule has 1 N–H and O–H groups in total. The van der Waals surface area contributed by atoms with Gasteiger partial charge >= 0.3 is 5.97 Å². The van der Waals surface area contributed by atoms with Gasteiger partial charge in [0.1, 0.15) is 5.54 Å². The molecule has 116 valence electrons. The SMILES string of the molecule is CN(C(=O)CCCc1cccs1)C1(C(=O)O)CCCCC1. The largest absolute Gasteiger partial charge is 0.479 e. The van der Waals surface area contributed by atoms with Gasteiger partial charge in [-0.25, -0.2) is 4.79 Å². The lowest BCUT2D eigenvalue weighted by Gasteiger charge is -2.41. The van der Waals surface area contributed by atoms with Crippen LogP contribution in [-0.2, 0) is 16.0 Å². The Labute approximate surface area is 129 Å². The smallest absolute Gasteiger partial charge is 0.329 e. The van der Waals surface area contributed by atoms with Crippen LogP contribution in [0.4, 0.5) is 0 Å². The number of hydrogen-bond donors (Lipinski definition) is 1. The molecule has 1 fully saturated rings. The van der Waals surface area contributed by atoms with Crippen LogP contribution in [0.5, 0.6) is 0 Å². The Morgan fingerprint density at radius 1 is 1.33 bits per heavy atom. The average molecular weight is 309 g/mol. The first kappa shape index (κ1) is 16.0. The molecule has 1 amide bonds. The Morgan fingerprint density at radius 2 is 2.05 bits per heavy atom. The number of carbonyl (C=O) groups is 2. The third-order valence-electron chi connectivity index (χ3n) is 4.49. The lowest BCUT2D eigenvalue weighted by atomic mass is 9.80. The Morgan fingerprint density at radius 3 is 2.62 bits per heavy atom. The van der Waals surface area contributed by atoms with Gasteiger partial charge in [0, 0.05) is 18.3 Å². The third kappa shape index (κ3) is 3.64. The predicted molar refractivity (Wildman–Crippen MR) is 83.5 cm³/mol. The molecule has 4 nitrogen and oxygen atoms in total.